The molecule has 4 rings (SSSR count). The summed E-state index contributed by atoms with van der Waals surface area (Å²) >= 11 is 0. The van der Waals surface area contributed by atoms with Crippen molar-refractivity contribution in [3.8, 4) is 0 Å². The first-order valence-electron chi connectivity index (χ1n) is 9.44. The van der Waals surface area contributed by atoms with Gasteiger partial charge in [-0.1, -0.05) is 29.8 Å². The lowest BCUT2D eigenvalue weighted by Gasteiger charge is -2.37. The molecule has 2 aromatic rings. The molecule has 2 aromatic carbocycles. The molecule has 0 bridgehead atoms. The van der Waals surface area contributed by atoms with Crippen LogP contribution in [-0.2, 0) is 9.59 Å². The summed E-state index contributed by atoms with van der Waals surface area (Å²) in [5.41, 5.74) is 5.00. The van der Waals surface area contributed by atoms with Crippen molar-refractivity contribution < 1.29 is 19.6 Å². The molecule has 9 heteroatoms. The van der Waals surface area contributed by atoms with E-state index < -0.39 is 28.8 Å². The fraction of sp³-hybridized carbons (Fsp3) is 0.238. The zero-order valence-corrected chi connectivity index (χ0v) is 16.1. The van der Waals surface area contributed by atoms with Gasteiger partial charge in [0.2, 0.25) is 5.91 Å². The number of non-ortho nitro benzene ring substituents is 1. The van der Waals surface area contributed by atoms with Gasteiger partial charge in [0.1, 0.15) is 6.04 Å². The van der Waals surface area contributed by atoms with Gasteiger partial charge in [-0.15, -0.1) is 0 Å². The summed E-state index contributed by atoms with van der Waals surface area (Å²) < 4.78 is 0. The first-order valence-corrected chi connectivity index (χ1v) is 9.44. The number of aliphatic hydroxyl groups excluding tert-OH is 1. The lowest BCUT2D eigenvalue weighted by molar-refractivity contribution is -0.384. The van der Waals surface area contributed by atoms with Crippen molar-refractivity contribution in [2.24, 2.45) is 5.92 Å². The number of hydrogen-bond donors (Lipinski definition) is 2. The molecule has 0 spiro atoms. The highest BCUT2D eigenvalue weighted by Gasteiger charge is 2.53. The summed E-state index contributed by atoms with van der Waals surface area (Å²) in [5.74, 6) is -1.43. The van der Waals surface area contributed by atoms with E-state index in [1.165, 1.54) is 29.2 Å². The van der Waals surface area contributed by atoms with Gasteiger partial charge in [0.05, 0.1) is 29.2 Å². The zero-order chi connectivity index (χ0) is 21.4. The Hall–Kier alpha value is -3.56. The van der Waals surface area contributed by atoms with Gasteiger partial charge in [-0.25, -0.2) is 9.91 Å². The van der Waals surface area contributed by atoms with Crippen molar-refractivity contribution in [2.75, 3.05) is 16.9 Å². The minimum atomic E-state index is -0.851. The van der Waals surface area contributed by atoms with Crippen molar-refractivity contribution in [1.29, 1.82) is 0 Å². The second kappa shape index (κ2) is 7.69. The van der Waals surface area contributed by atoms with Gasteiger partial charge in [0, 0.05) is 17.8 Å². The number of aryl methyl sites for hydroxylation is 1. The molecule has 2 aliphatic heterocycles. The smallest absolute Gasteiger partial charge is 0.269 e. The Kier molecular flexibility index (Phi) is 5.06. The van der Waals surface area contributed by atoms with Crippen LogP contribution in [0.2, 0.25) is 0 Å². The molecule has 0 aromatic heterocycles. The topological polar surface area (TPSA) is 116 Å². The van der Waals surface area contributed by atoms with Gasteiger partial charge < -0.3 is 10.5 Å². The average Bonchev–Trinajstić information content (AvgIpc) is 3.00. The van der Waals surface area contributed by atoms with Crippen LogP contribution in [0.3, 0.4) is 0 Å². The molecule has 1 fully saturated rings. The third kappa shape index (κ3) is 3.34. The number of hydrogen-bond acceptors (Lipinski definition) is 7. The van der Waals surface area contributed by atoms with E-state index in [1.54, 1.807) is 29.3 Å². The van der Waals surface area contributed by atoms with E-state index in [0.717, 1.165) is 5.56 Å². The fourth-order valence-electron chi connectivity index (χ4n) is 3.76. The Morgan fingerprint density at radius 2 is 1.70 bits per heavy atom. The maximum absolute atomic E-state index is 13.3. The molecule has 1 saturated heterocycles. The molecular formula is C21H20N4O5. The summed E-state index contributed by atoms with van der Waals surface area (Å²) in [6.07, 6.45) is 3.34. The number of anilines is 2. The second-order valence-corrected chi connectivity index (χ2v) is 7.28. The van der Waals surface area contributed by atoms with Crippen molar-refractivity contribution >= 4 is 28.9 Å². The number of benzene rings is 2. The molecule has 2 N–H and O–H groups in total. The molecule has 1 unspecified atom stereocenters. The van der Waals surface area contributed by atoms with E-state index in [9.17, 15) is 24.8 Å². The van der Waals surface area contributed by atoms with Crippen molar-refractivity contribution in [1.82, 2.24) is 5.01 Å². The number of nitro benzene ring substituents is 1. The van der Waals surface area contributed by atoms with Crippen LogP contribution in [0.5, 0.6) is 0 Å². The molecule has 0 saturated carbocycles. The Balaban J connectivity index is 1.65. The summed E-state index contributed by atoms with van der Waals surface area (Å²) in [5, 5.41) is 22.2. The number of nitrogens with one attached hydrogen (secondary N) is 1. The van der Waals surface area contributed by atoms with Crippen molar-refractivity contribution in [3.05, 3.63) is 76.4 Å². The molecule has 0 radical (unpaired) electrons. The summed E-state index contributed by atoms with van der Waals surface area (Å²) in [6, 6.07) is 11.4. The van der Waals surface area contributed by atoms with Gasteiger partial charge in [-0.2, -0.15) is 0 Å². The predicted octanol–water partition coefficient (Wildman–Crippen LogP) is 2.02. The second-order valence-electron chi connectivity index (χ2n) is 7.28. The molecule has 0 aliphatic carbocycles. The van der Waals surface area contributed by atoms with Gasteiger partial charge in [-0.05, 0) is 31.2 Å². The predicted molar refractivity (Wildman–Crippen MR) is 110 cm³/mol. The van der Waals surface area contributed by atoms with E-state index in [2.05, 4.69) is 5.43 Å². The number of aliphatic hydroxyl groups is 1. The summed E-state index contributed by atoms with van der Waals surface area (Å²) in [7, 11) is 0. The number of hydrazine groups is 1. The minimum Gasteiger partial charge on any atom is -0.394 e. The van der Waals surface area contributed by atoms with Gasteiger partial charge in [0.15, 0.2) is 0 Å². The van der Waals surface area contributed by atoms with Crippen molar-refractivity contribution in [2.45, 2.75) is 19.0 Å². The number of rotatable bonds is 5. The van der Waals surface area contributed by atoms with Gasteiger partial charge >= 0.3 is 0 Å². The van der Waals surface area contributed by atoms with Crippen LogP contribution in [-0.4, -0.2) is 45.5 Å². The number of fused-ring (bicyclic) bond motifs is 1. The molecule has 30 heavy (non-hydrogen) atoms. The monoisotopic (exact) mass is 408 g/mol. The number of carbonyl (C=O) groups excluding carboxylic acids is 2. The standard InChI is InChI=1S/C21H20N4O5/c1-13-2-6-15(7-3-13)23-20(27)18-11-10-17(12-26)24(19(18)21(23)28)22-14-4-8-16(9-5-14)25(29)30/h2-11,17-19,22,26H,12H2,1H3/t17?,18-,19+/m1/s1. The quantitative estimate of drug-likeness (QED) is 0.336. The van der Waals surface area contributed by atoms with Gasteiger partial charge in [0.25, 0.3) is 11.6 Å². The number of nitro groups is 1. The molecule has 2 aliphatic rings. The largest absolute Gasteiger partial charge is 0.394 e. The number of amides is 2. The highest BCUT2D eigenvalue weighted by molar-refractivity contribution is 6.24. The van der Waals surface area contributed by atoms with Crippen LogP contribution in [0, 0.1) is 23.0 Å². The van der Waals surface area contributed by atoms with Crippen LogP contribution in [0.15, 0.2) is 60.7 Å². The minimum absolute atomic E-state index is 0.0617. The number of carbonyl (C=O) groups is 2. The van der Waals surface area contributed by atoms with E-state index in [4.69, 9.17) is 0 Å². The molecular weight excluding hydrogens is 388 g/mol. The first-order chi connectivity index (χ1) is 14.4. The Labute approximate surface area is 172 Å². The third-order valence-corrected chi connectivity index (χ3v) is 5.33. The fourth-order valence-corrected chi connectivity index (χ4v) is 3.76. The maximum atomic E-state index is 13.3. The number of imide groups is 1. The molecule has 3 atom stereocenters. The molecule has 2 heterocycles. The Morgan fingerprint density at radius 1 is 1.03 bits per heavy atom. The number of nitrogens with zero attached hydrogens (tertiary/aromatic N) is 3. The maximum Gasteiger partial charge on any atom is 0.269 e. The van der Waals surface area contributed by atoms with E-state index in [1.807, 2.05) is 19.1 Å². The Morgan fingerprint density at radius 3 is 2.30 bits per heavy atom. The Bertz CT molecular complexity index is 1020. The van der Waals surface area contributed by atoms with Crippen LogP contribution in [0.25, 0.3) is 0 Å². The van der Waals surface area contributed by atoms with E-state index in [0.29, 0.717) is 11.4 Å². The highest BCUT2D eigenvalue weighted by atomic mass is 16.6. The van der Waals surface area contributed by atoms with Gasteiger partial charge in [-0.3, -0.25) is 19.7 Å². The van der Waals surface area contributed by atoms with Crippen LogP contribution in [0.4, 0.5) is 17.1 Å². The van der Waals surface area contributed by atoms with Crippen LogP contribution in [0.1, 0.15) is 5.56 Å². The van der Waals surface area contributed by atoms with E-state index >= 15 is 0 Å². The summed E-state index contributed by atoms with van der Waals surface area (Å²) in [6.45, 7) is 1.65. The third-order valence-electron chi connectivity index (χ3n) is 5.33. The SMILES string of the molecule is Cc1ccc(N2C(=O)[C@@H]3[C@@H](C=CC(CO)N3Nc3ccc([N+](=O)[O-])cc3)C2=O)cc1. The van der Waals surface area contributed by atoms with E-state index in [-0.39, 0.29) is 18.2 Å². The van der Waals surface area contributed by atoms with Crippen molar-refractivity contribution in [3.63, 3.8) is 0 Å². The average molecular weight is 408 g/mol. The molecule has 154 valence electrons. The summed E-state index contributed by atoms with van der Waals surface area (Å²) in [4.78, 5) is 37.8. The molecule has 2 amide bonds. The highest BCUT2D eigenvalue weighted by Crippen LogP contribution is 2.35. The zero-order valence-electron chi connectivity index (χ0n) is 16.1. The van der Waals surface area contributed by atoms with Crippen LogP contribution >= 0.6 is 0 Å². The normalized spacial score (nSPS) is 23.5. The first kappa shape index (κ1) is 19.7. The lowest BCUT2D eigenvalue weighted by atomic mass is 9.95. The molecule has 9 nitrogen and oxygen atoms in total. The van der Waals surface area contributed by atoms with Crippen LogP contribution < -0.4 is 10.3 Å². The lowest BCUT2D eigenvalue weighted by Crippen LogP contribution is -2.55.